The van der Waals surface area contributed by atoms with Crippen molar-refractivity contribution < 1.29 is 14.3 Å². The average molecular weight is 312 g/mol. The Kier molecular flexibility index (Phi) is 3.54. The Bertz CT molecular complexity index is 743. The molecular weight excluding hydrogens is 292 g/mol. The van der Waals surface area contributed by atoms with Crippen LogP contribution in [0.25, 0.3) is 10.9 Å². The molecule has 5 nitrogen and oxygen atoms in total. The molecule has 0 N–H and O–H groups in total. The number of ether oxygens (including phenoxy) is 2. The van der Waals surface area contributed by atoms with Crippen molar-refractivity contribution in [2.45, 2.75) is 0 Å². The van der Waals surface area contributed by atoms with E-state index in [2.05, 4.69) is 4.98 Å². The molecule has 2 fully saturated rings. The molecule has 0 spiro atoms. The number of methoxy groups -OCH3 is 1. The van der Waals surface area contributed by atoms with E-state index in [1.54, 1.807) is 13.3 Å². The smallest absolute Gasteiger partial charge is 0.254 e. The second kappa shape index (κ2) is 5.58. The van der Waals surface area contributed by atoms with Gasteiger partial charge in [-0.1, -0.05) is 18.2 Å². The van der Waals surface area contributed by atoms with Crippen molar-refractivity contribution in [3.63, 3.8) is 0 Å². The van der Waals surface area contributed by atoms with Crippen LogP contribution in [0.2, 0.25) is 0 Å². The third-order valence-corrected chi connectivity index (χ3v) is 5.12. The normalized spacial score (nSPS) is 26.7. The Labute approximate surface area is 135 Å². The number of likely N-dealkylation sites (tertiary alicyclic amines) is 1. The van der Waals surface area contributed by atoms with E-state index in [9.17, 15) is 4.79 Å². The first-order valence-electron chi connectivity index (χ1n) is 7.93. The van der Waals surface area contributed by atoms with Gasteiger partial charge < -0.3 is 14.4 Å². The van der Waals surface area contributed by atoms with Gasteiger partial charge in [-0.05, 0) is 12.1 Å². The lowest BCUT2D eigenvalue weighted by Crippen LogP contribution is -2.37. The molecule has 0 radical (unpaired) electrons. The number of rotatable bonds is 3. The van der Waals surface area contributed by atoms with Crippen LogP contribution >= 0.6 is 0 Å². The van der Waals surface area contributed by atoms with E-state index in [1.165, 1.54) is 0 Å². The molecule has 23 heavy (non-hydrogen) atoms. The van der Waals surface area contributed by atoms with E-state index in [0.717, 1.165) is 23.0 Å². The SMILES string of the molecule is COC[C@]12COC[C@H]1CN(C(=O)c1ccnc3ccccc13)C2. The van der Waals surface area contributed by atoms with E-state index in [0.29, 0.717) is 32.3 Å². The van der Waals surface area contributed by atoms with Crippen molar-refractivity contribution >= 4 is 16.8 Å². The van der Waals surface area contributed by atoms with Crippen LogP contribution in [0.15, 0.2) is 36.5 Å². The summed E-state index contributed by atoms with van der Waals surface area (Å²) in [4.78, 5) is 19.3. The van der Waals surface area contributed by atoms with Crippen molar-refractivity contribution in [3.8, 4) is 0 Å². The molecule has 0 saturated carbocycles. The highest BCUT2D eigenvalue weighted by molar-refractivity contribution is 6.06. The van der Waals surface area contributed by atoms with Gasteiger partial charge in [0, 0.05) is 43.1 Å². The van der Waals surface area contributed by atoms with Gasteiger partial charge in [-0.2, -0.15) is 0 Å². The van der Waals surface area contributed by atoms with Crippen LogP contribution in [-0.2, 0) is 9.47 Å². The predicted octanol–water partition coefficient (Wildman–Crippen LogP) is 1.97. The quantitative estimate of drug-likeness (QED) is 0.869. The lowest BCUT2D eigenvalue weighted by Gasteiger charge is -2.26. The zero-order valence-electron chi connectivity index (χ0n) is 13.2. The maximum Gasteiger partial charge on any atom is 0.254 e. The molecule has 3 heterocycles. The molecule has 5 heteroatoms. The van der Waals surface area contributed by atoms with Gasteiger partial charge in [0.2, 0.25) is 0 Å². The van der Waals surface area contributed by atoms with Crippen molar-refractivity contribution in [2.75, 3.05) is 40.0 Å². The van der Waals surface area contributed by atoms with E-state index in [4.69, 9.17) is 9.47 Å². The van der Waals surface area contributed by atoms with Gasteiger partial charge >= 0.3 is 0 Å². The number of amides is 1. The minimum Gasteiger partial charge on any atom is -0.384 e. The fourth-order valence-corrected chi connectivity index (χ4v) is 3.93. The van der Waals surface area contributed by atoms with Crippen LogP contribution in [0.1, 0.15) is 10.4 Å². The van der Waals surface area contributed by atoms with Crippen LogP contribution in [0.4, 0.5) is 0 Å². The topological polar surface area (TPSA) is 51.7 Å². The van der Waals surface area contributed by atoms with Crippen LogP contribution in [0.5, 0.6) is 0 Å². The number of benzene rings is 1. The molecule has 1 aromatic heterocycles. The van der Waals surface area contributed by atoms with Crippen LogP contribution in [0, 0.1) is 11.3 Å². The first kappa shape index (κ1) is 14.6. The maximum absolute atomic E-state index is 13.1. The molecule has 2 aliphatic rings. The summed E-state index contributed by atoms with van der Waals surface area (Å²) in [6.45, 7) is 3.45. The summed E-state index contributed by atoms with van der Waals surface area (Å²) >= 11 is 0. The van der Waals surface area contributed by atoms with Gasteiger partial charge in [-0.25, -0.2) is 0 Å². The molecular formula is C18H20N2O3. The first-order valence-corrected chi connectivity index (χ1v) is 7.93. The lowest BCUT2D eigenvalue weighted by atomic mass is 9.82. The van der Waals surface area contributed by atoms with Crippen molar-refractivity contribution in [2.24, 2.45) is 11.3 Å². The molecule has 2 saturated heterocycles. The van der Waals surface area contributed by atoms with Crippen molar-refractivity contribution in [3.05, 3.63) is 42.1 Å². The molecule has 2 aromatic rings. The molecule has 2 atom stereocenters. The summed E-state index contributed by atoms with van der Waals surface area (Å²) in [7, 11) is 1.71. The molecule has 120 valence electrons. The molecule has 0 unspecified atom stereocenters. The number of para-hydroxylation sites is 1. The third-order valence-electron chi connectivity index (χ3n) is 5.12. The number of hydrogen-bond acceptors (Lipinski definition) is 4. The molecule has 0 aliphatic carbocycles. The third kappa shape index (κ3) is 2.31. The molecule has 1 aromatic carbocycles. The lowest BCUT2D eigenvalue weighted by molar-refractivity contribution is 0.0489. The summed E-state index contributed by atoms with van der Waals surface area (Å²) in [5.74, 6) is 0.438. The summed E-state index contributed by atoms with van der Waals surface area (Å²) < 4.78 is 11.0. The molecule has 2 aliphatic heterocycles. The minimum absolute atomic E-state index is 0.0484. The highest BCUT2D eigenvalue weighted by Crippen LogP contribution is 2.42. The Hall–Kier alpha value is -1.98. The van der Waals surface area contributed by atoms with Gasteiger partial charge in [-0.15, -0.1) is 0 Å². The predicted molar refractivity (Wildman–Crippen MR) is 86.3 cm³/mol. The Balaban J connectivity index is 1.65. The largest absolute Gasteiger partial charge is 0.384 e. The number of hydrogen-bond donors (Lipinski definition) is 0. The minimum atomic E-state index is -0.0484. The van der Waals surface area contributed by atoms with Crippen LogP contribution < -0.4 is 0 Å². The fraction of sp³-hybridized carbons (Fsp3) is 0.444. The summed E-state index contributed by atoms with van der Waals surface area (Å²) in [5, 5.41) is 0.911. The van der Waals surface area contributed by atoms with Gasteiger partial charge in [0.15, 0.2) is 0 Å². The standard InChI is InChI=1S/C18H20N2O3/c1-22-11-18-10-20(8-13(18)9-23-12-18)17(21)15-6-7-19-16-5-3-2-4-14(15)16/h2-7,13H,8-12H2,1H3/t13-,18-/m1/s1. The Morgan fingerprint density at radius 1 is 1.43 bits per heavy atom. The average Bonchev–Trinajstić information content (AvgIpc) is 3.11. The number of nitrogens with zero attached hydrogens (tertiary/aromatic N) is 2. The maximum atomic E-state index is 13.1. The second-order valence-corrected chi connectivity index (χ2v) is 6.57. The Morgan fingerprint density at radius 2 is 2.30 bits per heavy atom. The second-order valence-electron chi connectivity index (χ2n) is 6.57. The Morgan fingerprint density at radius 3 is 3.17 bits per heavy atom. The van der Waals surface area contributed by atoms with Crippen molar-refractivity contribution in [1.82, 2.24) is 9.88 Å². The highest BCUT2D eigenvalue weighted by atomic mass is 16.5. The van der Waals surface area contributed by atoms with Gasteiger partial charge in [0.1, 0.15) is 0 Å². The van der Waals surface area contributed by atoms with Crippen LogP contribution in [-0.4, -0.2) is 55.8 Å². The van der Waals surface area contributed by atoms with E-state index < -0.39 is 0 Å². The molecule has 4 rings (SSSR count). The summed E-state index contributed by atoms with van der Waals surface area (Å²) in [5.41, 5.74) is 1.53. The number of fused-ring (bicyclic) bond motifs is 2. The van der Waals surface area contributed by atoms with Gasteiger partial charge in [-0.3, -0.25) is 9.78 Å². The number of carbonyl (C=O) groups excluding carboxylic acids is 1. The van der Waals surface area contributed by atoms with E-state index >= 15 is 0 Å². The van der Waals surface area contributed by atoms with Crippen LogP contribution in [0.3, 0.4) is 0 Å². The number of pyridine rings is 1. The molecule has 0 bridgehead atoms. The zero-order chi connectivity index (χ0) is 15.9. The van der Waals surface area contributed by atoms with Crippen molar-refractivity contribution in [1.29, 1.82) is 0 Å². The summed E-state index contributed by atoms with van der Waals surface area (Å²) in [6, 6.07) is 9.60. The van der Waals surface area contributed by atoms with E-state index in [-0.39, 0.29) is 11.3 Å². The highest BCUT2D eigenvalue weighted by Gasteiger charge is 2.52. The summed E-state index contributed by atoms with van der Waals surface area (Å²) in [6.07, 6.45) is 1.71. The number of carbonyl (C=O) groups is 1. The fourth-order valence-electron chi connectivity index (χ4n) is 3.93. The van der Waals surface area contributed by atoms with E-state index in [1.807, 2.05) is 35.2 Å². The van der Waals surface area contributed by atoms with Gasteiger partial charge in [0.05, 0.1) is 30.9 Å². The first-order chi connectivity index (χ1) is 11.2. The monoisotopic (exact) mass is 312 g/mol. The number of aromatic nitrogens is 1. The molecule has 1 amide bonds. The zero-order valence-corrected chi connectivity index (χ0v) is 13.2. The van der Waals surface area contributed by atoms with Gasteiger partial charge in [0.25, 0.3) is 5.91 Å².